The van der Waals surface area contributed by atoms with Gasteiger partial charge in [0.2, 0.25) is 0 Å². The molecule has 182 valence electrons. The number of aliphatic hydroxyl groups excluding tert-OH is 1. The summed E-state index contributed by atoms with van der Waals surface area (Å²) < 4.78 is 19.4. The van der Waals surface area contributed by atoms with Crippen molar-refractivity contribution in [2.45, 2.75) is 39.7 Å². The maximum absolute atomic E-state index is 13.6. The molecule has 1 heterocycles. The van der Waals surface area contributed by atoms with Crippen LogP contribution >= 0.6 is 0 Å². The first-order chi connectivity index (χ1) is 16.4. The van der Waals surface area contributed by atoms with E-state index in [4.69, 9.17) is 4.74 Å². The molecule has 3 rings (SSSR count). The van der Waals surface area contributed by atoms with Gasteiger partial charge in [-0.2, -0.15) is 0 Å². The molecule has 7 heteroatoms. The number of hydrogen-bond acceptors (Lipinski definition) is 5. The van der Waals surface area contributed by atoms with Crippen molar-refractivity contribution in [3.8, 4) is 5.75 Å². The lowest BCUT2D eigenvalue weighted by Gasteiger charge is -2.28. The van der Waals surface area contributed by atoms with Crippen LogP contribution in [-0.4, -0.2) is 59.4 Å². The van der Waals surface area contributed by atoms with Crippen molar-refractivity contribution in [1.82, 2.24) is 9.80 Å². The molecule has 0 aliphatic carbocycles. The highest BCUT2D eigenvalue weighted by atomic mass is 19.1. The Morgan fingerprint density at radius 3 is 2.44 bits per heavy atom. The molecule has 1 unspecified atom stereocenters. The first-order valence-corrected chi connectivity index (χ1v) is 11.9. The van der Waals surface area contributed by atoms with Crippen LogP contribution in [0, 0.1) is 5.82 Å². The van der Waals surface area contributed by atoms with Gasteiger partial charge in [0.25, 0.3) is 11.7 Å². The molecule has 0 radical (unpaired) electrons. The van der Waals surface area contributed by atoms with Gasteiger partial charge in [-0.1, -0.05) is 51.5 Å². The minimum absolute atomic E-state index is 0.00173. The second kappa shape index (κ2) is 11.8. The standard InChI is InChI=1S/C27H33FN2O4/c1-4-7-17-34-22-10-8-9-20(18-22)25(31)23-24(19-11-13-21(28)14-12-19)30(27(33)26(23)32)16-15-29(5-2)6-3/h8-14,18,24,31H,4-7,15-17H2,1-3H3/b25-23+. The van der Waals surface area contributed by atoms with Crippen LogP contribution in [0.2, 0.25) is 0 Å². The van der Waals surface area contributed by atoms with Crippen molar-refractivity contribution in [3.63, 3.8) is 0 Å². The summed E-state index contributed by atoms with van der Waals surface area (Å²) in [5.41, 5.74) is 0.960. The number of ketones is 1. The number of hydrogen-bond donors (Lipinski definition) is 1. The lowest BCUT2D eigenvalue weighted by molar-refractivity contribution is -0.140. The summed E-state index contributed by atoms with van der Waals surface area (Å²) in [4.78, 5) is 29.8. The molecule has 1 saturated heterocycles. The highest BCUT2D eigenvalue weighted by Gasteiger charge is 2.46. The predicted octanol–water partition coefficient (Wildman–Crippen LogP) is 4.77. The number of amides is 1. The van der Waals surface area contributed by atoms with E-state index >= 15 is 0 Å². The lowest BCUT2D eigenvalue weighted by Crippen LogP contribution is -2.38. The zero-order chi connectivity index (χ0) is 24.7. The quantitative estimate of drug-likeness (QED) is 0.223. The Morgan fingerprint density at radius 2 is 1.79 bits per heavy atom. The van der Waals surface area contributed by atoms with E-state index in [0.29, 0.717) is 36.6 Å². The van der Waals surface area contributed by atoms with Crippen molar-refractivity contribution in [1.29, 1.82) is 0 Å². The number of ether oxygens (including phenoxy) is 1. The van der Waals surface area contributed by atoms with Gasteiger partial charge in [0, 0.05) is 18.7 Å². The molecule has 0 bridgehead atoms. The fourth-order valence-electron chi connectivity index (χ4n) is 4.11. The van der Waals surface area contributed by atoms with Crippen LogP contribution in [0.3, 0.4) is 0 Å². The second-order valence-corrected chi connectivity index (χ2v) is 8.30. The molecule has 34 heavy (non-hydrogen) atoms. The summed E-state index contributed by atoms with van der Waals surface area (Å²) in [7, 11) is 0. The highest BCUT2D eigenvalue weighted by Crippen LogP contribution is 2.39. The maximum Gasteiger partial charge on any atom is 0.295 e. The average molecular weight is 469 g/mol. The molecular formula is C27H33FN2O4. The second-order valence-electron chi connectivity index (χ2n) is 8.30. The number of carbonyl (C=O) groups is 2. The van der Waals surface area contributed by atoms with E-state index in [0.717, 1.165) is 25.9 Å². The zero-order valence-electron chi connectivity index (χ0n) is 20.1. The minimum Gasteiger partial charge on any atom is -0.507 e. The molecule has 2 aromatic rings. The van der Waals surface area contributed by atoms with Crippen molar-refractivity contribution >= 4 is 17.4 Å². The normalized spacial score (nSPS) is 17.6. The predicted molar refractivity (Wildman–Crippen MR) is 130 cm³/mol. The fourth-order valence-corrected chi connectivity index (χ4v) is 4.11. The van der Waals surface area contributed by atoms with Crippen LogP contribution in [0.4, 0.5) is 4.39 Å². The molecule has 2 aromatic carbocycles. The fraction of sp³-hybridized carbons (Fsp3) is 0.407. The van der Waals surface area contributed by atoms with Gasteiger partial charge in [0.05, 0.1) is 18.2 Å². The number of aliphatic hydroxyl groups is 1. The van der Waals surface area contributed by atoms with Gasteiger partial charge in [0.1, 0.15) is 17.3 Å². The Kier molecular flexibility index (Phi) is 8.82. The van der Waals surface area contributed by atoms with E-state index in [9.17, 15) is 19.1 Å². The summed E-state index contributed by atoms with van der Waals surface area (Å²) >= 11 is 0. The summed E-state index contributed by atoms with van der Waals surface area (Å²) in [5, 5.41) is 11.2. The number of carbonyl (C=O) groups excluding carboxylic acids is 2. The maximum atomic E-state index is 13.6. The molecule has 1 aliphatic rings. The Balaban J connectivity index is 2.03. The van der Waals surface area contributed by atoms with Crippen LogP contribution in [0.25, 0.3) is 5.76 Å². The molecule has 1 aliphatic heterocycles. The molecule has 0 spiro atoms. The Morgan fingerprint density at radius 1 is 1.09 bits per heavy atom. The van der Waals surface area contributed by atoms with E-state index in [1.165, 1.54) is 17.0 Å². The summed E-state index contributed by atoms with van der Waals surface area (Å²) in [5.74, 6) is -1.52. The molecular weight excluding hydrogens is 435 g/mol. The number of benzene rings is 2. The number of nitrogens with zero attached hydrogens (tertiary/aromatic N) is 2. The third kappa shape index (κ3) is 5.65. The third-order valence-corrected chi connectivity index (χ3v) is 6.15. The summed E-state index contributed by atoms with van der Waals surface area (Å²) in [6.45, 7) is 9.20. The zero-order valence-corrected chi connectivity index (χ0v) is 20.1. The van der Waals surface area contributed by atoms with Crippen LogP contribution in [0.15, 0.2) is 54.1 Å². The first kappa shape index (κ1) is 25.4. The summed E-state index contributed by atoms with van der Waals surface area (Å²) in [6.07, 6.45) is 1.90. The van der Waals surface area contributed by atoms with Crippen molar-refractivity contribution in [3.05, 3.63) is 71.0 Å². The van der Waals surface area contributed by atoms with Crippen LogP contribution < -0.4 is 4.74 Å². The van der Waals surface area contributed by atoms with E-state index in [-0.39, 0.29) is 11.3 Å². The molecule has 6 nitrogen and oxygen atoms in total. The number of halogens is 1. The van der Waals surface area contributed by atoms with Gasteiger partial charge >= 0.3 is 0 Å². The molecule has 1 atom stereocenters. The number of Topliss-reactive ketones (excluding diaryl/α,β-unsaturated/α-hetero) is 1. The molecule has 0 saturated carbocycles. The number of rotatable bonds is 11. The smallest absolute Gasteiger partial charge is 0.295 e. The molecule has 1 amide bonds. The lowest BCUT2D eigenvalue weighted by atomic mass is 9.95. The van der Waals surface area contributed by atoms with Gasteiger partial charge in [-0.05, 0) is 49.3 Å². The Bertz CT molecular complexity index is 1030. The largest absolute Gasteiger partial charge is 0.507 e. The minimum atomic E-state index is -0.805. The highest BCUT2D eigenvalue weighted by molar-refractivity contribution is 6.46. The monoisotopic (exact) mass is 468 g/mol. The first-order valence-electron chi connectivity index (χ1n) is 11.9. The number of likely N-dealkylation sites (tertiary alicyclic amines) is 1. The van der Waals surface area contributed by atoms with E-state index < -0.39 is 23.5 Å². The number of likely N-dealkylation sites (N-methyl/N-ethyl adjacent to an activating group) is 1. The topological polar surface area (TPSA) is 70.1 Å². The van der Waals surface area contributed by atoms with Crippen LogP contribution in [-0.2, 0) is 9.59 Å². The Hall–Kier alpha value is -3.19. The van der Waals surface area contributed by atoms with E-state index in [1.54, 1.807) is 36.4 Å². The average Bonchev–Trinajstić information content (AvgIpc) is 3.10. The molecule has 1 N–H and O–H groups in total. The SMILES string of the molecule is CCCCOc1cccc(/C(O)=C2\C(=O)C(=O)N(CCN(CC)CC)C2c2ccc(F)cc2)c1. The van der Waals surface area contributed by atoms with Crippen molar-refractivity contribution < 1.29 is 23.8 Å². The van der Waals surface area contributed by atoms with E-state index in [1.807, 2.05) is 13.8 Å². The van der Waals surface area contributed by atoms with Crippen molar-refractivity contribution in [2.75, 3.05) is 32.8 Å². The van der Waals surface area contributed by atoms with E-state index in [2.05, 4.69) is 11.8 Å². The van der Waals surface area contributed by atoms with Crippen molar-refractivity contribution in [2.24, 2.45) is 0 Å². The van der Waals surface area contributed by atoms with Gasteiger partial charge in [-0.3, -0.25) is 9.59 Å². The van der Waals surface area contributed by atoms with Crippen LogP contribution in [0.1, 0.15) is 50.8 Å². The van der Waals surface area contributed by atoms with Gasteiger partial charge in [-0.25, -0.2) is 4.39 Å². The van der Waals surface area contributed by atoms with Gasteiger partial charge < -0.3 is 19.6 Å². The third-order valence-electron chi connectivity index (χ3n) is 6.15. The summed E-state index contributed by atoms with van der Waals surface area (Å²) in [6, 6.07) is 11.7. The molecule has 1 fully saturated rings. The number of unbranched alkanes of at least 4 members (excludes halogenated alkanes) is 1. The Labute approximate surface area is 200 Å². The van der Waals surface area contributed by atoms with Gasteiger partial charge in [0.15, 0.2) is 0 Å². The van der Waals surface area contributed by atoms with Crippen LogP contribution in [0.5, 0.6) is 5.75 Å². The van der Waals surface area contributed by atoms with Gasteiger partial charge in [-0.15, -0.1) is 0 Å². The molecule has 0 aromatic heterocycles.